The van der Waals surface area contributed by atoms with Crippen LogP contribution in [0.3, 0.4) is 0 Å². The van der Waals surface area contributed by atoms with E-state index in [0.29, 0.717) is 16.8 Å². The first-order valence-corrected chi connectivity index (χ1v) is 12.4. The Kier molecular flexibility index (Phi) is 4.64. The summed E-state index contributed by atoms with van der Waals surface area (Å²) in [5, 5.41) is 17.2. The monoisotopic (exact) mass is 477 g/mol. The smallest absolute Gasteiger partial charge is 0.214 e. The fourth-order valence-corrected chi connectivity index (χ4v) is 6.10. The van der Waals surface area contributed by atoms with Crippen LogP contribution in [0.1, 0.15) is 35.2 Å². The minimum Gasteiger partial charge on any atom is -0.496 e. The van der Waals surface area contributed by atoms with Gasteiger partial charge in [0.2, 0.25) is 5.95 Å². The number of rotatable bonds is 4. The molecule has 1 N–H and O–H groups in total. The Morgan fingerprint density at radius 3 is 2.50 bits per heavy atom. The van der Waals surface area contributed by atoms with Crippen molar-refractivity contribution in [2.24, 2.45) is 5.41 Å². The average Bonchev–Trinajstić information content (AvgIpc) is 3.64. The van der Waals surface area contributed by atoms with Crippen LogP contribution in [0.15, 0.2) is 61.4 Å². The first-order valence-electron chi connectivity index (χ1n) is 12.4. The van der Waals surface area contributed by atoms with E-state index in [1.807, 2.05) is 28.7 Å². The summed E-state index contributed by atoms with van der Waals surface area (Å²) in [6.45, 7) is 6.24. The first-order chi connectivity index (χ1) is 17.7. The van der Waals surface area contributed by atoms with Crippen molar-refractivity contribution < 1.29 is 4.74 Å². The molecule has 0 bridgehead atoms. The second-order valence-electron chi connectivity index (χ2n) is 10.0. The van der Waals surface area contributed by atoms with E-state index in [0.717, 1.165) is 59.8 Å². The third-order valence-corrected chi connectivity index (χ3v) is 8.02. The molecule has 8 heteroatoms. The van der Waals surface area contributed by atoms with Crippen LogP contribution in [-0.2, 0) is 12.8 Å². The number of nitrogens with one attached hydrogen (secondary N) is 1. The SMILES string of the molecule is C=C(c1ccccc1OC)c1n[nH]c2nc(N3CCC4(CC3)Cc3ccccc3C4)n3cnnc3c12. The third kappa shape index (κ3) is 3.13. The number of hydrogen-bond donors (Lipinski definition) is 1. The highest BCUT2D eigenvalue weighted by molar-refractivity contribution is 6.01. The first kappa shape index (κ1) is 21.1. The Hall–Kier alpha value is -4.20. The Morgan fingerprint density at radius 2 is 1.75 bits per heavy atom. The molecule has 0 atom stereocenters. The number of benzene rings is 2. The Morgan fingerprint density at radius 1 is 1.03 bits per heavy atom. The van der Waals surface area contributed by atoms with Gasteiger partial charge in [0.05, 0.1) is 12.5 Å². The lowest BCUT2D eigenvalue weighted by molar-refractivity contribution is 0.231. The maximum atomic E-state index is 5.55. The molecular weight excluding hydrogens is 450 g/mol. The highest BCUT2D eigenvalue weighted by Gasteiger charge is 2.40. The number of nitrogens with zero attached hydrogens (tertiary/aromatic N) is 6. The van der Waals surface area contributed by atoms with Gasteiger partial charge >= 0.3 is 0 Å². The lowest BCUT2D eigenvalue weighted by atomic mass is 9.76. The molecule has 1 saturated heterocycles. The molecule has 5 aromatic rings. The molecule has 0 saturated carbocycles. The van der Waals surface area contributed by atoms with Crippen molar-refractivity contribution in [2.75, 3.05) is 25.1 Å². The lowest BCUT2D eigenvalue weighted by Gasteiger charge is -2.39. The van der Waals surface area contributed by atoms with E-state index < -0.39 is 0 Å². The van der Waals surface area contributed by atoms with Crippen LogP contribution in [0.25, 0.3) is 22.3 Å². The normalized spacial score (nSPS) is 16.6. The van der Waals surface area contributed by atoms with Gasteiger partial charge in [-0.25, -0.2) is 0 Å². The maximum absolute atomic E-state index is 5.55. The highest BCUT2D eigenvalue weighted by atomic mass is 16.5. The van der Waals surface area contributed by atoms with Crippen molar-refractivity contribution >= 4 is 28.2 Å². The van der Waals surface area contributed by atoms with Crippen LogP contribution >= 0.6 is 0 Å². The van der Waals surface area contributed by atoms with Gasteiger partial charge in [0, 0.05) is 24.2 Å². The number of hydrogen-bond acceptors (Lipinski definition) is 6. The zero-order valence-electron chi connectivity index (χ0n) is 20.2. The zero-order chi connectivity index (χ0) is 24.3. The Labute approximate surface area is 208 Å². The van der Waals surface area contributed by atoms with Crippen LogP contribution in [0.4, 0.5) is 5.95 Å². The Balaban J connectivity index is 1.23. The molecule has 180 valence electrons. The van der Waals surface area contributed by atoms with E-state index in [2.05, 4.69) is 56.1 Å². The van der Waals surface area contributed by atoms with E-state index >= 15 is 0 Å². The predicted molar refractivity (Wildman–Crippen MR) is 139 cm³/mol. The molecule has 0 amide bonds. The molecule has 1 aliphatic carbocycles. The molecule has 8 nitrogen and oxygen atoms in total. The second kappa shape index (κ2) is 7.91. The molecule has 1 fully saturated rings. The summed E-state index contributed by atoms with van der Waals surface area (Å²) in [6.07, 6.45) is 6.39. The summed E-state index contributed by atoms with van der Waals surface area (Å²) in [5.41, 5.74) is 7.15. The fourth-order valence-electron chi connectivity index (χ4n) is 6.10. The summed E-state index contributed by atoms with van der Waals surface area (Å²) in [5.74, 6) is 1.60. The average molecular weight is 478 g/mol. The van der Waals surface area contributed by atoms with Crippen LogP contribution in [0, 0.1) is 5.41 Å². The van der Waals surface area contributed by atoms with Crippen molar-refractivity contribution in [1.82, 2.24) is 29.8 Å². The molecule has 3 aromatic heterocycles. The van der Waals surface area contributed by atoms with Crippen molar-refractivity contribution in [1.29, 1.82) is 0 Å². The van der Waals surface area contributed by atoms with Crippen molar-refractivity contribution in [2.45, 2.75) is 25.7 Å². The Bertz CT molecular complexity index is 1600. The van der Waals surface area contributed by atoms with E-state index in [4.69, 9.17) is 9.72 Å². The standard InChI is InChI=1S/C28H27N7O/c1-18(21-9-5-6-10-22(21)36-2)24-23-25(32-31-24)30-27(35-17-29-33-26(23)35)34-13-11-28(12-14-34)15-19-7-3-4-8-20(19)16-28/h3-10,17H,1,11-16H2,2H3,(H,31,32). The fraction of sp³-hybridized carbons (Fsp3) is 0.286. The van der Waals surface area contributed by atoms with Crippen LogP contribution in [0.5, 0.6) is 5.75 Å². The molecule has 1 spiro atoms. The highest BCUT2D eigenvalue weighted by Crippen LogP contribution is 2.45. The van der Waals surface area contributed by atoms with Gasteiger partial charge < -0.3 is 9.64 Å². The summed E-state index contributed by atoms with van der Waals surface area (Å²) < 4.78 is 7.54. The van der Waals surface area contributed by atoms with E-state index in [9.17, 15) is 0 Å². The van der Waals surface area contributed by atoms with Gasteiger partial charge in [-0.3, -0.25) is 9.50 Å². The number of piperidine rings is 1. The van der Waals surface area contributed by atoms with Gasteiger partial charge in [0.15, 0.2) is 11.3 Å². The van der Waals surface area contributed by atoms with Gasteiger partial charge in [-0.2, -0.15) is 10.1 Å². The summed E-state index contributed by atoms with van der Waals surface area (Å²) in [6, 6.07) is 16.7. The third-order valence-electron chi connectivity index (χ3n) is 8.02. The molecule has 7 rings (SSSR count). The second-order valence-corrected chi connectivity index (χ2v) is 10.0. The summed E-state index contributed by atoms with van der Waals surface area (Å²) in [4.78, 5) is 7.37. The van der Waals surface area contributed by atoms with Gasteiger partial charge in [0.1, 0.15) is 17.8 Å². The molecule has 0 radical (unpaired) electrons. The molecule has 1 aliphatic heterocycles. The van der Waals surface area contributed by atoms with Crippen LogP contribution < -0.4 is 9.64 Å². The molecule has 2 aromatic carbocycles. The number of aromatic amines is 1. The molecule has 36 heavy (non-hydrogen) atoms. The molecule has 2 aliphatic rings. The van der Waals surface area contributed by atoms with Crippen LogP contribution in [-0.4, -0.2) is 50.0 Å². The van der Waals surface area contributed by atoms with E-state index in [1.165, 1.54) is 24.0 Å². The summed E-state index contributed by atoms with van der Waals surface area (Å²) in [7, 11) is 1.66. The van der Waals surface area contributed by atoms with Gasteiger partial charge in [-0.05, 0) is 48.3 Å². The largest absolute Gasteiger partial charge is 0.496 e. The number of para-hydroxylation sites is 1. The maximum Gasteiger partial charge on any atom is 0.214 e. The van der Waals surface area contributed by atoms with Crippen molar-refractivity contribution in [3.63, 3.8) is 0 Å². The minimum atomic E-state index is 0.365. The molecule has 4 heterocycles. The minimum absolute atomic E-state index is 0.365. The van der Waals surface area contributed by atoms with Crippen LogP contribution in [0.2, 0.25) is 0 Å². The molecular formula is C28H27N7O. The number of methoxy groups -OCH3 is 1. The number of anilines is 1. The van der Waals surface area contributed by atoms with Crippen molar-refractivity contribution in [3.8, 4) is 5.75 Å². The number of ether oxygens (including phenoxy) is 1. The summed E-state index contributed by atoms with van der Waals surface area (Å²) >= 11 is 0. The van der Waals surface area contributed by atoms with Gasteiger partial charge in [-0.1, -0.05) is 49.0 Å². The number of fused-ring (bicyclic) bond motifs is 4. The van der Waals surface area contributed by atoms with Gasteiger partial charge in [0.25, 0.3) is 0 Å². The van der Waals surface area contributed by atoms with Crippen molar-refractivity contribution in [3.05, 3.63) is 83.8 Å². The molecule has 0 unspecified atom stereocenters. The van der Waals surface area contributed by atoms with Gasteiger partial charge in [-0.15, -0.1) is 10.2 Å². The lowest BCUT2D eigenvalue weighted by Crippen LogP contribution is -2.41. The van der Waals surface area contributed by atoms with E-state index in [-0.39, 0.29) is 0 Å². The van der Waals surface area contributed by atoms with E-state index in [1.54, 1.807) is 13.4 Å². The number of H-pyrrole nitrogens is 1. The topological polar surface area (TPSA) is 84.2 Å². The number of aromatic nitrogens is 6. The zero-order valence-corrected chi connectivity index (χ0v) is 20.2. The predicted octanol–water partition coefficient (Wildman–Crippen LogP) is 4.46. The quantitative estimate of drug-likeness (QED) is 0.412.